The summed E-state index contributed by atoms with van der Waals surface area (Å²) in [5.74, 6) is -0.425. The number of anilines is 1. The minimum Gasteiger partial charge on any atom is -0.331 e. The molecule has 1 aromatic carbocycles. The zero-order valence-electron chi connectivity index (χ0n) is 17.1. The molecule has 0 fully saturated rings. The Balaban J connectivity index is 1.28. The van der Waals surface area contributed by atoms with Gasteiger partial charge >= 0.3 is 0 Å². The fraction of sp³-hybridized carbons (Fsp3) is 0.300. The summed E-state index contributed by atoms with van der Waals surface area (Å²) in [6.07, 6.45) is 0.905. The van der Waals surface area contributed by atoms with Crippen molar-refractivity contribution in [2.75, 3.05) is 11.4 Å². The van der Waals surface area contributed by atoms with Gasteiger partial charge in [0, 0.05) is 30.2 Å². The highest BCUT2D eigenvalue weighted by Crippen LogP contribution is 2.29. The number of carbonyl (C=O) groups excluding carboxylic acids is 2. The molecule has 0 N–H and O–H groups in total. The monoisotopic (exact) mass is 476 g/mol. The van der Waals surface area contributed by atoms with E-state index in [2.05, 4.69) is 10.2 Å². The number of para-hydroxylation sites is 1. The van der Waals surface area contributed by atoms with Crippen LogP contribution >= 0.6 is 0 Å². The summed E-state index contributed by atoms with van der Waals surface area (Å²) >= 11 is 0. The molecule has 5 rings (SSSR count). The highest BCUT2D eigenvalue weighted by Gasteiger charge is 2.33. The van der Waals surface area contributed by atoms with E-state index in [-0.39, 0.29) is 42.8 Å². The first-order valence-corrected chi connectivity index (χ1v) is 11.5. The predicted octanol–water partition coefficient (Wildman–Crippen LogP) is 1.01. The molecule has 0 radical (unpaired) electrons. The molecule has 10 nitrogen and oxygen atoms in total. The molecule has 2 amide bonds. The molecule has 0 saturated carbocycles. The Morgan fingerprint density at radius 3 is 2.67 bits per heavy atom. The van der Waals surface area contributed by atoms with Crippen LogP contribution in [0.25, 0.3) is 0 Å². The second kappa shape index (κ2) is 7.76. The van der Waals surface area contributed by atoms with Crippen LogP contribution in [0.1, 0.15) is 16.8 Å². The van der Waals surface area contributed by atoms with Gasteiger partial charge in [0.05, 0.1) is 24.9 Å². The van der Waals surface area contributed by atoms with Crippen LogP contribution in [0.5, 0.6) is 0 Å². The molecular weight excluding hydrogens is 458 g/mol. The first-order valence-electron chi connectivity index (χ1n) is 10.0. The number of alkyl halides is 2. The van der Waals surface area contributed by atoms with Gasteiger partial charge in [-0.15, -0.1) is 0 Å². The quantitative estimate of drug-likeness (QED) is 0.525. The minimum absolute atomic E-state index is 0.102. The van der Waals surface area contributed by atoms with Gasteiger partial charge in [-0.05, 0) is 11.6 Å². The Bertz CT molecular complexity index is 1340. The van der Waals surface area contributed by atoms with Crippen LogP contribution < -0.4 is 4.90 Å². The third-order valence-electron chi connectivity index (χ3n) is 5.61. The zero-order valence-corrected chi connectivity index (χ0v) is 18.0. The molecule has 0 bridgehead atoms. The molecule has 0 unspecified atom stereocenters. The molecule has 2 aromatic heterocycles. The fourth-order valence-corrected chi connectivity index (χ4v) is 5.10. The molecule has 4 heterocycles. The number of fused-ring (bicyclic) bond motifs is 2. The predicted molar refractivity (Wildman–Crippen MR) is 110 cm³/mol. The van der Waals surface area contributed by atoms with Crippen molar-refractivity contribution in [1.29, 1.82) is 0 Å². The maximum Gasteiger partial charge on any atom is 0.286 e. The Morgan fingerprint density at radius 1 is 1.12 bits per heavy atom. The molecule has 33 heavy (non-hydrogen) atoms. The molecule has 172 valence electrons. The van der Waals surface area contributed by atoms with Crippen LogP contribution in [0.2, 0.25) is 0 Å². The summed E-state index contributed by atoms with van der Waals surface area (Å²) in [5, 5.41) is 7.74. The van der Waals surface area contributed by atoms with Gasteiger partial charge in [0.2, 0.25) is 11.8 Å². The van der Waals surface area contributed by atoms with Gasteiger partial charge in [-0.25, -0.2) is 8.78 Å². The molecule has 0 saturated heterocycles. The number of aromatic nitrogens is 4. The van der Waals surface area contributed by atoms with E-state index in [4.69, 9.17) is 0 Å². The molecule has 0 spiro atoms. The van der Waals surface area contributed by atoms with E-state index < -0.39 is 23.0 Å². The van der Waals surface area contributed by atoms with Gasteiger partial charge in [-0.1, -0.05) is 18.2 Å². The Kier molecular flexibility index (Phi) is 5.00. The smallest absolute Gasteiger partial charge is 0.286 e. The van der Waals surface area contributed by atoms with Gasteiger partial charge in [0.25, 0.3) is 16.4 Å². The van der Waals surface area contributed by atoms with Crippen molar-refractivity contribution in [2.24, 2.45) is 0 Å². The molecule has 0 atom stereocenters. The maximum absolute atomic E-state index is 12.8. The minimum atomic E-state index is -4.11. The highest BCUT2D eigenvalue weighted by molar-refractivity contribution is 7.89. The highest BCUT2D eigenvalue weighted by atomic mass is 32.2. The zero-order chi connectivity index (χ0) is 23.3. The van der Waals surface area contributed by atoms with Crippen LogP contribution in [0.3, 0.4) is 0 Å². The SMILES string of the molecule is O=C(CN1C(=O)Cc2ccccc21)N1Cc2cn(S(=O)(=O)c3cnn(CC(F)F)c3)nc2C1. The van der Waals surface area contributed by atoms with Crippen LogP contribution in [-0.2, 0) is 45.7 Å². The lowest BCUT2D eigenvalue weighted by atomic mass is 10.2. The van der Waals surface area contributed by atoms with Crippen LogP contribution in [0.15, 0.2) is 47.8 Å². The standard InChI is InChI=1S/C20H18F2N6O4S/c21-18(22)11-26-9-15(6-23-26)33(31,32)28-8-14-7-25(10-16(14)24-28)20(30)12-27-17-4-2-1-3-13(17)5-19(27)29/h1-4,6,8-9,18H,5,7,10-12H2. The van der Waals surface area contributed by atoms with Gasteiger partial charge in [0.15, 0.2) is 0 Å². The number of rotatable bonds is 6. The molecule has 3 aromatic rings. The van der Waals surface area contributed by atoms with E-state index in [0.717, 1.165) is 32.4 Å². The summed E-state index contributed by atoms with van der Waals surface area (Å²) in [5.41, 5.74) is 2.56. The Morgan fingerprint density at radius 2 is 1.91 bits per heavy atom. The van der Waals surface area contributed by atoms with E-state index >= 15 is 0 Å². The molecule has 2 aliphatic heterocycles. The summed E-state index contributed by atoms with van der Waals surface area (Å²) < 4.78 is 52.2. The van der Waals surface area contributed by atoms with E-state index in [1.807, 2.05) is 12.1 Å². The van der Waals surface area contributed by atoms with Crippen molar-refractivity contribution in [2.45, 2.75) is 37.4 Å². The second-order valence-electron chi connectivity index (χ2n) is 7.80. The van der Waals surface area contributed by atoms with Gasteiger partial charge in [0.1, 0.15) is 18.0 Å². The fourth-order valence-electron chi connectivity index (χ4n) is 3.98. The lowest BCUT2D eigenvalue weighted by Gasteiger charge is -2.21. The lowest BCUT2D eigenvalue weighted by molar-refractivity contribution is -0.131. The number of nitrogens with zero attached hydrogens (tertiary/aromatic N) is 6. The first-order chi connectivity index (χ1) is 15.7. The number of carbonyl (C=O) groups is 2. The number of halogens is 2. The van der Waals surface area contributed by atoms with Crippen LogP contribution in [0, 0.1) is 0 Å². The number of amides is 2. The first kappa shape index (κ1) is 21.2. The molecule has 2 aliphatic rings. The number of benzene rings is 1. The molecule has 0 aliphatic carbocycles. The van der Waals surface area contributed by atoms with Gasteiger partial charge in [-0.3, -0.25) is 14.3 Å². The average Bonchev–Trinajstić information content (AvgIpc) is 3.51. The van der Waals surface area contributed by atoms with Crippen LogP contribution in [0.4, 0.5) is 14.5 Å². The van der Waals surface area contributed by atoms with Crippen molar-refractivity contribution >= 4 is 27.5 Å². The van der Waals surface area contributed by atoms with Crippen molar-refractivity contribution < 1.29 is 26.8 Å². The summed E-state index contributed by atoms with van der Waals surface area (Å²) in [6, 6.07) is 7.29. The summed E-state index contributed by atoms with van der Waals surface area (Å²) in [4.78, 5) is 27.8. The van der Waals surface area contributed by atoms with Crippen LogP contribution in [-0.4, -0.2) is 57.1 Å². The van der Waals surface area contributed by atoms with Gasteiger partial charge < -0.3 is 9.80 Å². The van der Waals surface area contributed by atoms with Crippen molar-refractivity contribution in [3.8, 4) is 0 Å². The Hall–Kier alpha value is -3.61. The largest absolute Gasteiger partial charge is 0.331 e. The van der Waals surface area contributed by atoms with Crippen molar-refractivity contribution in [3.05, 3.63) is 59.7 Å². The number of hydrogen-bond donors (Lipinski definition) is 0. The van der Waals surface area contributed by atoms with Gasteiger partial charge in [-0.2, -0.15) is 22.7 Å². The molecular formula is C20H18F2N6O4S. The third kappa shape index (κ3) is 3.77. The van der Waals surface area contributed by atoms with E-state index in [1.54, 1.807) is 12.1 Å². The van der Waals surface area contributed by atoms with E-state index in [9.17, 15) is 26.8 Å². The number of hydrogen-bond acceptors (Lipinski definition) is 6. The molecule has 13 heteroatoms. The maximum atomic E-state index is 12.8. The van der Waals surface area contributed by atoms with E-state index in [0.29, 0.717) is 11.3 Å². The topological polar surface area (TPSA) is 110 Å². The summed E-state index contributed by atoms with van der Waals surface area (Å²) in [7, 11) is -4.11. The summed E-state index contributed by atoms with van der Waals surface area (Å²) in [6.45, 7) is -0.572. The van der Waals surface area contributed by atoms with Crippen molar-refractivity contribution in [3.63, 3.8) is 0 Å². The Labute approximate surface area is 187 Å². The third-order valence-corrected chi connectivity index (χ3v) is 7.09. The lowest BCUT2D eigenvalue weighted by Crippen LogP contribution is -2.39. The normalized spacial score (nSPS) is 15.4. The van der Waals surface area contributed by atoms with E-state index in [1.165, 1.54) is 16.0 Å². The van der Waals surface area contributed by atoms with Crippen molar-refractivity contribution in [1.82, 2.24) is 23.9 Å². The second-order valence-corrected chi connectivity index (χ2v) is 9.60. The average molecular weight is 476 g/mol.